The molecular weight excluding hydrogens is 415 g/mol. The van der Waals surface area contributed by atoms with E-state index in [1.807, 2.05) is 0 Å². The van der Waals surface area contributed by atoms with Crippen molar-refractivity contribution in [1.29, 1.82) is 0 Å². The lowest BCUT2D eigenvalue weighted by Gasteiger charge is -2.31. The molecule has 1 aromatic rings. The number of alkyl halides is 3. The van der Waals surface area contributed by atoms with Gasteiger partial charge in [-0.25, -0.2) is 0 Å². The van der Waals surface area contributed by atoms with Crippen molar-refractivity contribution in [3.63, 3.8) is 0 Å². The van der Waals surface area contributed by atoms with Crippen LogP contribution in [0.15, 0.2) is 24.3 Å². The number of carbonyl (C=O) groups is 3. The zero-order valence-electron chi connectivity index (χ0n) is 17.6. The SMILES string of the molecule is CC(NC(=O)C1CCN(C(=O)C=Cc2ccc(N(C)C)c(C(F)(F)F)c2)CC1)C(=O)O. The predicted octanol–water partition coefficient (Wildman–Crippen LogP) is 2.61. The van der Waals surface area contributed by atoms with Crippen LogP contribution in [0.5, 0.6) is 0 Å². The maximum absolute atomic E-state index is 13.3. The molecule has 1 fully saturated rings. The molecule has 0 saturated carbocycles. The average Bonchev–Trinajstić information content (AvgIpc) is 2.71. The summed E-state index contributed by atoms with van der Waals surface area (Å²) in [5.41, 5.74) is -0.494. The first kappa shape index (κ1) is 24.2. The van der Waals surface area contributed by atoms with Crippen molar-refractivity contribution in [3.8, 4) is 0 Å². The highest BCUT2D eigenvalue weighted by molar-refractivity contribution is 5.92. The maximum Gasteiger partial charge on any atom is 0.418 e. The quantitative estimate of drug-likeness (QED) is 0.663. The minimum Gasteiger partial charge on any atom is -0.480 e. The first-order valence-electron chi connectivity index (χ1n) is 9.79. The lowest BCUT2D eigenvalue weighted by atomic mass is 9.95. The highest BCUT2D eigenvalue weighted by atomic mass is 19.4. The van der Waals surface area contributed by atoms with Gasteiger partial charge >= 0.3 is 12.1 Å². The Balaban J connectivity index is 1.99. The summed E-state index contributed by atoms with van der Waals surface area (Å²) in [4.78, 5) is 38.2. The van der Waals surface area contributed by atoms with E-state index < -0.39 is 23.8 Å². The second-order valence-electron chi connectivity index (χ2n) is 7.67. The molecule has 1 heterocycles. The first-order valence-corrected chi connectivity index (χ1v) is 9.79. The van der Waals surface area contributed by atoms with E-state index in [-0.39, 0.29) is 29.0 Å². The third-order valence-electron chi connectivity index (χ3n) is 5.13. The number of carboxylic acid groups (broad SMARTS) is 1. The van der Waals surface area contributed by atoms with Gasteiger partial charge in [-0.15, -0.1) is 0 Å². The van der Waals surface area contributed by atoms with E-state index in [0.29, 0.717) is 25.9 Å². The van der Waals surface area contributed by atoms with Crippen molar-refractivity contribution in [1.82, 2.24) is 10.2 Å². The lowest BCUT2D eigenvalue weighted by Crippen LogP contribution is -2.46. The van der Waals surface area contributed by atoms with Gasteiger partial charge in [0.1, 0.15) is 6.04 Å². The fraction of sp³-hybridized carbons (Fsp3) is 0.476. The number of piperidine rings is 1. The molecule has 10 heteroatoms. The monoisotopic (exact) mass is 441 g/mol. The molecule has 0 spiro atoms. The molecule has 2 N–H and O–H groups in total. The van der Waals surface area contributed by atoms with Crippen molar-refractivity contribution in [2.24, 2.45) is 5.92 Å². The molecule has 7 nitrogen and oxygen atoms in total. The Morgan fingerprint density at radius 2 is 1.84 bits per heavy atom. The molecule has 31 heavy (non-hydrogen) atoms. The van der Waals surface area contributed by atoms with Gasteiger partial charge in [-0.05, 0) is 43.5 Å². The van der Waals surface area contributed by atoms with Gasteiger partial charge in [0.05, 0.1) is 5.56 Å². The Labute approximate surface area is 178 Å². The largest absolute Gasteiger partial charge is 0.480 e. The van der Waals surface area contributed by atoms with Crippen LogP contribution in [0.4, 0.5) is 18.9 Å². The molecule has 1 atom stereocenters. The fourth-order valence-electron chi connectivity index (χ4n) is 3.30. The van der Waals surface area contributed by atoms with E-state index >= 15 is 0 Å². The summed E-state index contributed by atoms with van der Waals surface area (Å²) in [6, 6.07) is 2.87. The second kappa shape index (κ2) is 9.84. The van der Waals surface area contributed by atoms with Crippen LogP contribution in [-0.4, -0.2) is 61.0 Å². The van der Waals surface area contributed by atoms with Gasteiger partial charge in [-0.2, -0.15) is 13.2 Å². The van der Waals surface area contributed by atoms with Gasteiger partial charge in [0.25, 0.3) is 0 Å². The number of likely N-dealkylation sites (tertiary alicyclic amines) is 1. The molecule has 2 rings (SSSR count). The molecule has 0 aromatic heterocycles. The third kappa shape index (κ3) is 6.47. The predicted molar refractivity (Wildman–Crippen MR) is 109 cm³/mol. The summed E-state index contributed by atoms with van der Waals surface area (Å²) in [7, 11) is 3.05. The number of rotatable bonds is 6. The molecular formula is C21H26F3N3O4. The molecule has 170 valence electrons. The Morgan fingerprint density at radius 3 is 2.35 bits per heavy atom. The highest BCUT2D eigenvalue weighted by Crippen LogP contribution is 2.36. The Bertz CT molecular complexity index is 860. The minimum absolute atomic E-state index is 0.0357. The van der Waals surface area contributed by atoms with Gasteiger partial charge in [0.2, 0.25) is 11.8 Å². The van der Waals surface area contributed by atoms with E-state index in [0.717, 1.165) is 6.07 Å². The number of anilines is 1. The molecule has 0 bridgehead atoms. The summed E-state index contributed by atoms with van der Waals surface area (Å²) in [5, 5.41) is 11.3. The third-order valence-corrected chi connectivity index (χ3v) is 5.13. The number of nitrogens with zero attached hydrogens (tertiary/aromatic N) is 2. The van der Waals surface area contributed by atoms with Crippen LogP contribution in [-0.2, 0) is 20.6 Å². The highest BCUT2D eigenvalue weighted by Gasteiger charge is 2.34. The smallest absolute Gasteiger partial charge is 0.418 e. The number of amides is 2. The van der Waals surface area contributed by atoms with Crippen molar-refractivity contribution in [3.05, 3.63) is 35.4 Å². The Morgan fingerprint density at radius 1 is 1.23 bits per heavy atom. The average molecular weight is 441 g/mol. The van der Waals surface area contributed by atoms with Gasteiger partial charge in [-0.3, -0.25) is 14.4 Å². The Hall–Kier alpha value is -3.04. The van der Waals surface area contributed by atoms with Crippen LogP contribution in [0.3, 0.4) is 0 Å². The van der Waals surface area contributed by atoms with Crippen LogP contribution in [0.2, 0.25) is 0 Å². The minimum atomic E-state index is -4.52. The van der Waals surface area contributed by atoms with Crippen molar-refractivity contribution in [2.75, 3.05) is 32.1 Å². The molecule has 1 aliphatic heterocycles. The molecule has 1 unspecified atom stereocenters. The van der Waals surface area contributed by atoms with Crippen LogP contribution < -0.4 is 10.2 Å². The van der Waals surface area contributed by atoms with E-state index in [2.05, 4.69) is 5.32 Å². The molecule has 1 aromatic carbocycles. The second-order valence-corrected chi connectivity index (χ2v) is 7.67. The van der Waals surface area contributed by atoms with E-state index in [9.17, 15) is 27.6 Å². The first-order chi connectivity index (χ1) is 14.4. The molecule has 2 amide bonds. The number of hydrogen-bond donors (Lipinski definition) is 2. The fourth-order valence-corrected chi connectivity index (χ4v) is 3.30. The van der Waals surface area contributed by atoms with Gasteiger partial charge in [-0.1, -0.05) is 6.07 Å². The van der Waals surface area contributed by atoms with E-state index in [1.54, 1.807) is 0 Å². The zero-order chi connectivity index (χ0) is 23.3. The number of hydrogen-bond acceptors (Lipinski definition) is 4. The van der Waals surface area contributed by atoms with Crippen molar-refractivity contribution < 1.29 is 32.7 Å². The number of halogens is 3. The number of benzene rings is 1. The zero-order valence-corrected chi connectivity index (χ0v) is 17.6. The number of carbonyl (C=O) groups excluding carboxylic acids is 2. The summed E-state index contributed by atoms with van der Waals surface area (Å²) >= 11 is 0. The summed E-state index contributed by atoms with van der Waals surface area (Å²) in [6.07, 6.45) is -1.20. The van der Waals surface area contributed by atoms with Crippen LogP contribution >= 0.6 is 0 Å². The lowest BCUT2D eigenvalue weighted by molar-refractivity contribution is -0.142. The van der Waals surface area contributed by atoms with Crippen molar-refractivity contribution >= 4 is 29.5 Å². The standard InChI is InChI=1S/C21H26F3N3O4/c1-13(20(30)31)25-19(29)15-8-10-27(11-9-15)18(28)7-5-14-4-6-17(26(2)3)16(12-14)21(22,23)24/h4-7,12-13,15H,8-11H2,1-3H3,(H,25,29)(H,30,31). The van der Waals surface area contributed by atoms with Crippen LogP contribution in [0, 0.1) is 5.92 Å². The van der Waals surface area contributed by atoms with Gasteiger partial charge < -0.3 is 20.2 Å². The van der Waals surface area contributed by atoms with E-state index in [1.165, 1.54) is 55.1 Å². The number of nitrogens with one attached hydrogen (secondary N) is 1. The Kier molecular flexibility index (Phi) is 7.70. The molecule has 1 aliphatic rings. The number of carboxylic acids is 1. The summed E-state index contributed by atoms with van der Waals surface area (Å²) in [5.74, 6) is -2.23. The van der Waals surface area contributed by atoms with Crippen molar-refractivity contribution in [2.45, 2.75) is 32.0 Å². The number of aliphatic carboxylic acids is 1. The van der Waals surface area contributed by atoms with E-state index in [4.69, 9.17) is 5.11 Å². The topological polar surface area (TPSA) is 90.0 Å². The van der Waals surface area contributed by atoms with Gasteiger partial charge in [0, 0.05) is 44.9 Å². The maximum atomic E-state index is 13.3. The molecule has 0 aliphatic carbocycles. The van der Waals surface area contributed by atoms with Crippen LogP contribution in [0.25, 0.3) is 6.08 Å². The normalized spacial score (nSPS) is 16.3. The molecule has 1 saturated heterocycles. The van der Waals surface area contributed by atoms with Gasteiger partial charge in [0.15, 0.2) is 0 Å². The summed E-state index contributed by atoms with van der Waals surface area (Å²) < 4.78 is 39.9. The molecule has 0 radical (unpaired) electrons. The van der Waals surface area contributed by atoms with Crippen LogP contribution in [0.1, 0.15) is 30.9 Å². The summed E-state index contributed by atoms with van der Waals surface area (Å²) in [6.45, 7) is 1.98.